The molecular formula is C19H20ClNO6. The number of carbonyl (C=O) groups excluding carboxylic acids is 1. The molecule has 0 fully saturated rings. The van der Waals surface area contributed by atoms with Crippen LogP contribution in [0.1, 0.15) is 34.0 Å². The van der Waals surface area contributed by atoms with Crippen LogP contribution in [0.4, 0.5) is 4.79 Å². The molecule has 0 saturated heterocycles. The summed E-state index contributed by atoms with van der Waals surface area (Å²) in [5, 5.41) is 31.9. The van der Waals surface area contributed by atoms with Gasteiger partial charge in [-0.05, 0) is 35.7 Å². The molecule has 0 aromatic heterocycles. The maximum Gasteiger partial charge on any atom is 0.407 e. The van der Waals surface area contributed by atoms with Crippen LogP contribution in [-0.4, -0.2) is 40.0 Å². The fraction of sp³-hybridized carbons (Fsp3) is 0.263. The first-order valence-electron chi connectivity index (χ1n) is 8.21. The lowest BCUT2D eigenvalue weighted by molar-refractivity contribution is 0.0135. The summed E-state index contributed by atoms with van der Waals surface area (Å²) < 4.78 is 5.04. The Morgan fingerprint density at radius 1 is 1.11 bits per heavy atom. The minimum Gasteiger partial charge on any atom is -0.478 e. The van der Waals surface area contributed by atoms with Gasteiger partial charge in [-0.25, -0.2) is 9.59 Å². The van der Waals surface area contributed by atoms with Gasteiger partial charge in [-0.1, -0.05) is 41.9 Å². The summed E-state index contributed by atoms with van der Waals surface area (Å²) in [6, 6.07) is 13.0. The zero-order chi connectivity index (χ0) is 19.8. The van der Waals surface area contributed by atoms with Gasteiger partial charge in [0.25, 0.3) is 0 Å². The van der Waals surface area contributed by atoms with Crippen molar-refractivity contribution in [2.75, 3.05) is 6.54 Å². The maximum atomic E-state index is 11.6. The number of aliphatic hydroxyl groups excluding tert-OH is 2. The van der Waals surface area contributed by atoms with Gasteiger partial charge in [0.1, 0.15) is 12.7 Å². The van der Waals surface area contributed by atoms with E-state index in [-0.39, 0.29) is 35.7 Å². The van der Waals surface area contributed by atoms with Crippen LogP contribution in [0.3, 0.4) is 0 Å². The van der Waals surface area contributed by atoms with Gasteiger partial charge >= 0.3 is 12.1 Å². The Kier molecular flexibility index (Phi) is 7.60. The van der Waals surface area contributed by atoms with Crippen LogP contribution in [0.5, 0.6) is 0 Å². The molecule has 27 heavy (non-hydrogen) atoms. The highest BCUT2D eigenvalue weighted by Crippen LogP contribution is 2.24. The molecule has 0 bridgehead atoms. The molecule has 0 aliphatic rings. The Morgan fingerprint density at radius 3 is 2.48 bits per heavy atom. The summed E-state index contributed by atoms with van der Waals surface area (Å²) in [7, 11) is 0. The summed E-state index contributed by atoms with van der Waals surface area (Å²) >= 11 is 5.84. The van der Waals surface area contributed by atoms with Crippen LogP contribution in [0.15, 0.2) is 48.5 Å². The average Bonchev–Trinajstić information content (AvgIpc) is 2.66. The van der Waals surface area contributed by atoms with Gasteiger partial charge in [0.15, 0.2) is 0 Å². The highest BCUT2D eigenvalue weighted by molar-refractivity contribution is 6.31. The molecule has 0 aliphatic carbocycles. The first-order chi connectivity index (χ1) is 12.9. The number of aliphatic hydroxyl groups is 2. The van der Waals surface area contributed by atoms with Crippen molar-refractivity contribution in [2.45, 2.75) is 25.2 Å². The molecule has 0 saturated carbocycles. The number of hydrogen-bond acceptors (Lipinski definition) is 5. The number of carboxylic acids is 1. The van der Waals surface area contributed by atoms with E-state index in [1.807, 2.05) is 30.3 Å². The minimum absolute atomic E-state index is 0.0382. The molecule has 0 spiro atoms. The van der Waals surface area contributed by atoms with E-state index in [0.717, 1.165) is 5.56 Å². The number of rotatable bonds is 8. The summed E-state index contributed by atoms with van der Waals surface area (Å²) in [6.45, 7) is 0.191. The number of benzene rings is 2. The van der Waals surface area contributed by atoms with Gasteiger partial charge in [0.05, 0.1) is 11.7 Å². The molecule has 144 valence electrons. The van der Waals surface area contributed by atoms with Crippen molar-refractivity contribution in [1.29, 1.82) is 0 Å². The topological polar surface area (TPSA) is 116 Å². The number of halogens is 1. The fourth-order valence-corrected chi connectivity index (χ4v) is 2.63. The van der Waals surface area contributed by atoms with Crippen molar-refractivity contribution in [2.24, 2.45) is 0 Å². The molecule has 0 radical (unpaired) electrons. The summed E-state index contributed by atoms with van der Waals surface area (Å²) in [6.07, 6.45) is -3.17. The second-order valence-corrected chi connectivity index (χ2v) is 6.30. The molecule has 1 amide bonds. The minimum atomic E-state index is -1.34. The van der Waals surface area contributed by atoms with Crippen molar-refractivity contribution in [3.8, 4) is 0 Å². The highest BCUT2D eigenvalue weighted by Gasteiger charge is 2.20. The molecule has 0 heterocycles. The largest absolute Gasteiger partial charge is 0.478 e. The van der Waals surface area contributed by atoms with Crippen LogP contribution in [0, 0.1) is 0 Å². The van der Waals surface area contributed by atoms with E-state index < -0.39 is 24.3 Å². The Hall–Kier alpha value is -2.61. The van der Waals surface area contributed by atoms with Crippen molar-refractivity contribution in [1.82, 2.24) is 5.32 Å². The lowest BCUT2D eigenvalue weighted by Crippen LogP contribution is -2.29. The van der Waals surface area contributed by atoms with Gasteiger partial charge in [0, 0.05) is 11.6 Å². The van der Waals surface area contributed by atoms with Crippen LogP contribution in [0.25, 0.3) is 0 Å². The second-order valence-electron chi connectivity index (χ2n) is 5.87. The Bertz CT molecular complexity index is 783. The molecule has 7 nitrogen and oxygen atoms in total. The highest BCUT2D eigenvalue weighted by atomic mass is 35.5. The van der Waals surface area contributed by atoms with E-state index in [4.69, 9.17) is 21.4 Å². The summed E-state index contributed by atoms with van der Waals surface area (Å²) in [5.74, 6) is -1.19. The zero-order valence-electron chi connectivity index (χ0n) is 14.3. The van der Waals surface area contributed by atoms with Gasteiger partial charge in [-0.2, -0.15) is 0 Å². The number of carboxylic acid groups (broad SMARTS) is 1. The maximum absolute atomic E-state index is 11.6. The molecule has 2 aromatic carbocycles. The fourth-order valence-electron chi connectivity index (χ4n) is 2.38. The zero-order valence-corrected chi connectivity index (χ0v) is 15.1. The molecule has 2 atom stereocenters. The lowest BCUT2D eigenvalue weighted by Gasteiger charge is -2.19. The second kappa shape index (κ2) is 9.91. The number of nitrogens with one attached hydrogen (secondary N) is 1. The van der Waals surface area contributed by atoms with E-state index in [2.05, 4.69) is 5.32 Å². The SMILES string of the molecule is O=C(NCCC(O)C(O)c1cc(Cl)cc(C(=O)O)c1)OCc1ccccc1. The van der Waals surface area contributed by atoms with Crippen LogP contribution in [0.2, 0.25) is 5.02 Å². The third kappa shape index (κ3) is 6.56. The van der Waals surface area contributed by atoms with Crippen molar-refractivity contribution in [3.63, 3.8) is 0 Å². The quantitative estimate of drug-likeness (QED) is 0.548. The number of alkyl carbamates (subject to hydrolysis) is 1. The average molecular weight is 394 g/mol. The van der Waals surface area contributed by atoms with E-state index in [9.17, 15) is 19.8 Å². The first kappa shape index (κ1) is 20.7. The van der Waals surface area contributed by atoms with E-state index >= 15 is 0 Å². The molecule has 0 aliphatic heterocycles. The summed E-state index contributed by atoms with van der Waals surface area (Å²) in [4.78, 5) is 22.7. The molecule has 8 heteroatoms. The molecule has 2 rings (SSSR count). The number of ether oxygens (including phenoxy) is 1. The molecule has 2 aromatic rings. The Balaban J connectivity index is 1.80. The molecule has 4 N–H and O–H groups in total. The number of aromatic carboxylic acids is 1. The predicted molar refractivity (Wildman–Crippen MR) is 98.6 cm³/mol. The van der Waals surface area contributed by atoms with E-state index in [0.29, 0.717) is 0 Å². The van der Waals surface area contributed by atoms with E-state index in [1.54, 1.807) is 0 Å². The predicted octanol–water partition coefficient (Wildman–Crippen LogP) is 2.75. The lowest BCUT2D eigenvalue weighted by atomic mass is 10.00. The Morgan fingerprint density at radius 2 is 1.81 bits per heavy atom. The van der Waals surface area contributed by atoms with Gasteiger partial charge in [-0.15, -0.1) is 0 Å². The molecular weight excluding hydrogens is 374 g/mol. The number of amides is 1. The third-order valence-electron chi connectivity index (χ3n) is 3.80. The monoisotopic (exact) mass is 393 g/mol. The van der Waals surface area contributed by atoms with Gasteiger partial charge < -0.3 is 25.4 Å². The standard InChI is InChI=1S/C19H20ClNO6/c20-15-9-13(8-14(10-15)18(24)25)17(23)16(22)6-7-21-19(26)27-11-12-4-2-1-3-5-12/h1-5,8-10,16-17,22-23H,6-7,11H2,(H,21,26)(H,24,25). The van der Waals surface area contributed by atoms with Gasteiger partial charge in [0.2, 0.25) is 0 Å². The van der Waals surface area contributed by atoms with Crippen molar-refractivity contribution >= 4 is 23.7 Å². The van der Waals surface area contributed by atoms with Crippen LogP contribution < -0.4 is 5.32 Å². The van der Waals surface area contributed by atoms with Crippen LogP contribution >= 0.6 is 11.6 Å². The first-order valence-corrected chi connectivity index (χ1v) is 8.59. The molecule has 2 unspecified atom stereocenters. The smallest absolute Gasteiger partial charge is 0.407 e. The van der Waals surface area contributed by atoms with Crippen LogP contribution in [-0.2, 0) is 11.3 Å². The third-order valence-corrected chi connectivity index (χ3v) is 4.01. The number of carbonyl (C=O) groups is 2. The van der Waals surface area contributed by atoms with Gasteiger partial charge in [-0.3, -0.25) is 0 Å². The van der Waals surface area contributed by atoms with Crippen molar-refractivity contribution in [3.05, 3.63) is 70.2 Å². The number of hydrogen-bond donors (Lipinski definition) is 4. The Labute approximate surface area is 161 Å². The normalized spacial score (nSPS) is 12.9. The van der Waals surface area contributed by atoms with E-state index in [1.165, 1.54) is 18.2 Å². The summed E-state index contributed by atoms with van der Waals surface area (Å²) in [5.41, 5.74) is 0.934. The van der Waals surface area contributed by atoms with Crippen molar-refractivity contribution < 1.29 is 29.6 Å².